The summed E-state index contributed by atoms with van der Waals surface area (Å²) in [7, 11) is -0.0325. The minimum absolute atomic E-state index is 0.287. The fourth-order valence-electron chi connectivity index (χ4n) is 3.30. The zero-order chi connectivity index (χ0) is 18.2. The molecule has 1 aliphatic rings. The Morgan fingerprint density at radius 3 is 2.40 bits per heavy atom. The van der Waals surface area contributed by atoms with Gasteiger partial charge in [-0.1, -0.05) is 23.8 Å². The van der Waals surface area contributed by atoms with E-state index in [2.05, 4.69) is 0 Å². The Bertz CT molecular complexity index is 863. The van der Waals surface area contributed by atoms with E-state index in [9.17, 15) is 12.8 Å². The molecule has 25 heavy (non-hydrogen) atoms. The number of nitrogens with zero attached hydrogens (tertiary/aromatic N) is 2. The molecule has 2 aromatic carbocycles. The van der Waals surface area contributed by atoms with E-state index in [0.29, 0.717) is 24.2 Å². The minimum atomic E-state index is -3.59. The van der Waals surface area contributed by atoms with Crippen molar-refractivity contribution in [3.05, 3.63) is 59.4 Å². The van der Waals surface area contributed by atoms with Crippen LogP contribution in [0.25, 0.3) is 0 Å². The van der Waals surface area contributed by atoms with Gasteiger partial charge in [0.2, 0.25) is 10.0 Å². The Labute approximate surface area is 148 Å². The summed E-state index contributed by atoms with van der Waals surface area (Å²) in [6.45, 7) is 2.38. The maximum atomic E-state index is 14.3. The molecular formula is C19H23FN2O2S. The highest BCUT2D eigenvalue weighted by Gasteiger charge is 2.36. The normalized spacial score (nSPS) is 18.5. The predicted octanol–water partition coefficient (Wildman–Crippen LogP) is 3.73. The lowest BCUT2D eigenvalue weighted by Gasteiger charge is -2.25. The fraction of sp³-hybridized carbons (Fsp3) is 0.368. The van der Waals surface area contributed by atoms with Gasteiger partial charge < -0.3 is 4.90 Å². The van der Waals surface area contributed by atoms with Crippen molar-refractivity contribution in [1.82, 2.24) is 4.31 Å². The number of aryl methyl sites for hydroxylation is 1. The molecule has 4 nitrogen and oxygen atoms in total. The van der Waals surface area contributed by atoms with Crippen LogP contribution in [0.15, 0.2) is 47.4 Å². The van der Waals surface area contributed by atoms with Gasteiger partial charge in [0, 0.05) is 20.6 Å². The first-order valence-electron chi connectivity index (χ1n) is 8.36. The number of sulfonamides is 1. The van der Waals surface area contributed by atoms with Crippen LogP contribution in [0.2, 0.25) is 0 Å². The molecule has 0 amide bonds. The number of halogens is 1. The second-order valence-corrected chi connectivity index (χ2v) is 8.58. The van der Waals surface area contributed by atoms with Crippen LogP contribution >= 0.6 is 0 Å². The summed E-state index contributed by atoms with van der Waals surface area (Å²) in [5.41, 5.74) is 2.21. The topological polar surface area (TPSA) is 40.6 Å². The average Bonchev–Trinajstić information content (AvgIpc) is 3.05. The lowest BCUT2D eigenvalue weighted by atomic mass is 10.0. The molecule has 0 aromatic heterocycles. The molecule has 0 unspecified atom stereocenters. The van der Waals surface area contributed by atoms with Crippen molar-refractivity contribution in [3.8, 4) is 0 Å². The van der Waals surface area contributed by atoms with Gasteiger partial charge in [0.25, 0.3) is 0 Å². The van der Waals surface area contributed by atoms with Gasteiger partial charge in [-0.05, 0) is 49.6 Å². The molecule has 0 bridgehead atoms. The molecule has 6 heteroatoms. The van der Waals surface area contributed by atoms with Crippen LogP contribution in [0, 0.1) is 12.7 Å². The highest BCUT2D eigenvalue weighted by atomic mass is 32.2. The van der Waals surface area contributed by atoms with Crippen molar-refractivity contribution in [2.24, 2.45) is 0 Å². The molecule has 1 saturated heterocycles. The maximum absolute atomic E-state index is 14.3. The molecule has 0 spiro atoms. The summed E-state index contributed by atoms with van der Waals surface area (Å²) < 4.78 is 41.9. The highest BCUT2D eigenvalue weighted by molar-refractivity contribution is 7.89. The Kier molecular flexibility index (Phi) is 4.84. The largest absolute Gasteiger partial charge is 0.375 e. The number of hydrogen-bond donors (Lipinski definition) is 0. The first-order chi connectivity index (χ1) is 11.8. The summed E-state index contributed by atoms with van der Waals surface area (Å²) >= 11 is 0. The summed E-state index contributed by atoms with van der Waals surface area (Å²) in [6, 6.07) is 11.5. The number of rotatable bonds is 4. The molecule has 1 atom stereocenters. The van der Waals surface area contributed by atoms with E-state index < -0.39 is 10.0 Å². The molecule has 2 aromatic rings. The molecule has 1 fully saturated rings. The monoisotopic (exact) mass is 362 g/mol. The van der Waals surface area contributed by atoms with Gasteiger partial charge in [-0.2, -0.15) is 4.31 Å². The Balaban J connectivity index is 1.95. The van der Waals surface area contributed by atoms with E-state index in [1.54, 1.807) is 49.3 Å². The third-order valence-electron chi connectivity index (χ3n) is 4.67. The van der Waals surface area contributed by atoms with E-state index >= 15 is 0 Å². The lowest BCUT2D eigenvalue weighted by molar-refractivity contribution is 0.395. The predicted molar refractivity (Wildman–Crippen MR) is 97.8 cm³/mol. The molecule has 0 aliphatic carbocycles. The maximum Gasteiger partial charge on any atom is 0.243 e. The van der Waals surface area contributed by atoms with Crippen molar-refractivity contribution in [3.63, 3.8) is 0 Å². The summed E-state index contributed by atoms with van der Waals surface area (Å²) in [4.78, 5) is 1.99. The molecule has 0 radical (unpaired) electrons. The van der Waals surface area contributed by atoms with Crippen LogP contribution in [0.4, 0.5) is 10.1 Å². The summed E-state index contributed by atoms with van der Waals surface area (Å²) in [5.74, 6) is -0.331. The lowest BCUT2D eigenvalue weighted by Crippen LogP contribution is -2.30. The minimum Gasteiger partial charge on any atom is -0.375 e. The Morgan fingerprint density at radius 2 is 1.80 bits per heavy atom. The van der Waals surface area contributed by atoms with Crippen molar-refractivity contribution >= 4 is 15.7 Å². The molecular weight excluding hydrogens is 339 g/mol. The van der Waals surface area contributed by atoms with Crippen molar-refractivity contribution in [2.45, 2.75) is 30.7 Å². The van der Waals surface area contributed by atoms with Gasteiger partial charge in [-0.15, -0.1) is 0 Å². The smallest absolute Gasteiger partial charge is 0.243 e. The third-order valence-corrected chi connectivity index (χ3v) is 6.59. The molecule has 1 aliphatic heterocycles. The van der Waals surface area contributed by atoms with Gasteiger partial charge in [-0.25, -0.2) is 12.8 Å². The van der Waals surface area contributed by atoms with Crippen LogP contribution < -0.4 is 4.90 Å². The SMILES string of the molecule is Cc1ccc(S(=O)(=O)N2CCC[C@H]2c2ccc(N(C)C)c(F)c2)cc1. The van der Waals surface area contributed by atoms with Crippen LogP contribution in [-0.4, -0.2) is 33.4 Å². The van der Waals surface area contributed by atoms with Gasteiger partial charge in [0.15, 0.2) is 0 Å². The number of hydrogen-bond acceptors (Lipinski definition) is 3. The Hall–Kier alpha value is -1.92. The first kappa shape index (κ1) is 17.9. The van der Waals surface area contributed by atoms with Crippen LogP contribution in [-0.2, 0) is 10.0 Å². The Morgan fingerprint density at radius 1 is 1.12 bits per heavy atom. The molecule has 0 saturated carbocycles. The number of benzene rings is 2. The zero-order valence-corrected chi connectivity index (χ0v) is 15.6. The van der Waals surface area contributed by atoms with Gasteiger partial charge in [0.1, 0.15) is 5.82 Å². The second kappa shape index (κ2) is 6.77. The van der Waals surface area contributed by atoms with Gasteiger partial charge >= 0.3 is 0 Å². The quantitative estimate of drug-likeness (QED) is 0.832. The standard InChI is InChI=1S/C19H23FN2O2S/c1-14-6-9-16(10-7-14)25(23,24)22-12-4-5-18(22)15-8-11-19(21(2)3)17(20)13-15/h6-11,13,18H,4-5,12H2,1-3H3/t18-/m0/s1. The molecule has 0 N–H and O–H groups in total. The van der Waals surface area contributed by atoms with E-state index in [1.165, 1.54) is 10.4 Å². The van der Waals surface area contributed by atoms with Crippen molar-refractivity contribution < 1.29 is 12.8 Å². The van der Waals surface area contributed by atoms with Crippen molar-refractivity contribution in [1.29, 1.82) is 0 Å². The average molecular weight is 362 g/mol. The van der Waals surface area contributed by atoms with Crippen LogP contribution in [0.5, 0.6) is 0 Å². The number of anilines is 1. The first-order valence-corrected chi connectivity index (χ1v) is 9.80. The van der Waals surface area contributed by atoms with E-state index in [0.717, 1.165) is 12.0 Å². The summed E-state index contributed by atoms with van der Waals surface area (Å²) in [5, 5.41) is 0. The molecule has 1 heterocycles. The molecule has 3 rings (SSSR count). The third kappa shape index (κ3) is 3.41. The summed E-state index contributed by atoms with van der Waals surface area (Å²) in [6.07, 6.45) is 1.47. The fourth-order valence-corrected chi connectivity index (χ4v) is 4.98. The second-order valence-electron chi connectivity index (χ2n) is 6.69. The van der Waals surface area contributed by atoms with E-state index in [4.69, 9.17) is 0 Å². The van der Waals surface area contributed by atoms with E-state index in [-0.39, 0.29) is 16.8 Å². The van der Waals surface area contributed by atoms with Crippen LogP contribution in [0.3, 0.4) is 0 Å². The van der Waals surface area contributed by atoms with Gasteiger partial charge in [-0.3, -0.25) is 0 Å². The zero-order valence-electron chi connectivity index (χ0n) is 14.7. The van der Waals surface area contributed by atoms with E-state index in [1.807, 2.05) is 13.0 Å². The van der Waals surface area contributed by atoms with Crippen LogP contribution in [0.1, 0.15) is 30.0 Å². The van der Waals surface area contributed by atoms with Gasteiger partial charge in [0.05, 0.1) is 16.6 Å². The molecule has 134 valence electrons. The highest BCUT2D eigenvalue weighted by Crippen LogP contribution is 2.37. The van der Waals surface area contributed by atoms with Crippen molar-refractivity contribution in [2.75, 3.05) is 25.5 Å².